The second kappa shape index (κ2) is 14.2. The fourth-order valence-electron chi connectivity index (χ4n) is 4.15. The summed E-state index contributed by atoms with van der Waals surface area (Å²) in [7, 11) is -2.72. The van der Waals surface area contributed by atoms with Gasteiger partial charge in [-0.15, -0.1) is 0 Å². The third kappa shape index (κ3) is 7.55. The molecule has 214 valence electrons. The van der Waals surface area contributed by atoms with Crippen molar-refractivity contribution in [2.24, 2.45) is 0 Å². The fraction of sp³-hybridized carbons (Fsp3) is 0.333. The first-order valence-corrected chi connectivity index (χ1v) is 14.9. The van der Waals surface area contributed by atoms with Gasteiger partial charge in [0.2, 0.25) is 11.8 Å². The molecule has 1 atom stereocenters. The van der Waals surface area contributed by atoms with Crippen molar-refractivity contribution in [2.75, 3.05) is 24.5 Å². The van der Waals surface area contributed by atoms with E-state index < -0.39 is 28.5 Å². The van der Waals surface area contributed by atoms with Crippen LogP contribution in [0.4, 0.5) is 5.69 Å². The van der Waals surface area contributed by atoms with Gasteiger partial charge in [0, 0.05) is 13.1 Å². The van der Waals surface area contributed by atoms with Crippen LogP contribution in [-0.2, 0) is 26.2 Å². The first-order chi connectivity index (χ1) is 19.1. The number of hydrogen-bond donors (Lipinski definition) is 1. The SMILES string of the molecule is CCCCNC(=O)C(C)N(Cc1ccccc1C)C(=O)CN(c1ccc(OC)c(Cl)c1)S(=O)(=O)c1ccccc1. The van der Waals surface area contributed by atoms with Gasteiger partial charge in [-0.1, -0.05) is 67.4 Å². The lowest BCUT2D eigenvalue weighted by atomic mass is 10.1. The Morgan fingerprint density at radius 2 is 1.70 bits per heavy atom. The zero-order chi connectivity index (χ0) is 29.3. The fourth-order valence-corrected chi connectivity index (χ4v) is 5.83. The lowest BCUT2D eigenvalue weighted by Gasteiger charge is -2.32. The zero-order valence-electron chi connectivity index (χ0n) is 23.3. The lowest BCUT2D eigenvalue weighted by molar-refractivity contribution is -0.139. The molecule has 40 heavy (non-hydrogen) atoms. The topological polar surface area (TPSA) is 96.0 Å². The number of unbranched alkanes of at least 4 members (excludes halogenated alkanes) is 1. The van der Waals surface area contributed by atoms with Crippen LogP contribution in [0, 0.1) is 6.92 Å². The Bertz CT molecular complexity index is 1420. The minimum absolute atomic E-state index is 0.0190. The van der Waals surface area contributed by atoms with Gasteiger partial charge in [-0.25, -0.2) is 8.42 Å². The van der Waals surface area contributed by atoms with Crippen molar-refractivity contribution >= 4 is 39.1 Å². The molecule has 3 rings (SSSR count). The van der Waals surface area contributed by atoms with E-state index in [1.54, 1.807) is 31.2 Å². The summed E-state index contributed by atoms with van der Waals surface area (Å²) in [6.45, 7) is 5.68. The summed E-state index contributed by atoms with van der Waals surface area (Å²) < 4.78 is 33.9. The van der Waals surface area contributed by atoms with E-state index in [4.69, 9.17) is 16.3 Å². The number of amides is 2. The molecule has 0 radical (unpaired) electrons. The molecule has 1 N–H and O–H groups in total. The highest BCUT2D eigenvalue weighted by Crippen LogP contribution is 2.32. The van der Waals surface area contributed by atoms with Crippen LogP contribution in [0.5, 0.6) is 5.75 Å². The van der Waals surface area contributed by atoms with Crippen molar-refractivity contribution in [3.05, 3.63) is 88.9 Å². The third-order valence-electron chi connectivity index (χ3n) is 6.63. The van der Waals surface area contributed by atoms with E-state index in [2.05, 4.69) is 5.32 Å². The zero-order valence-corrected chi connectivity index (χ0v) is 24.8. The molecule has 10 heteroatoms. The van der Waals surface area contributed by atoms with E-state index in [9.17, 15) is 18.0 Å². The number of nitrogens with zero attached hydrogens (tertiary/aromatic N) is 2. The number of carbonyl (C=O) groups excluding carboxylic acids is 2. The number of rotatable bonds is 13. The first kappa shape index (κ1) is 31.0. The third-order valence-corrected chi connectivity index (χ3v) is 8.72. The van der Waals surface area contributed by atoms with Crippen LogP contribution in [0.15, 0.2) is 77.7 Å². The summed E-state index contributed by atoms with van der Waals surface area (Å²) in [5.41, 5.74) is 2.00. The molecule has 1 unspecified atom stereocenters. The van der Waals surface area contributed by atoms with Crippen molar-refractivity contribution in [1.29, 1.82) is 0 Å². The Hall–Kier alpha value is -3.56. The quantitative estimate of drug-likeness (QED) is 0.279. The van der Waals surface area contributed by atoms with Crippen LogP contribution in [0.1, 0.15) is 37.8 Å². The summed E-state index contributed by atoms with van der Waals surface area (Å²) in [5, 5.41) is 3.08. The van der Waals surface area contributed by atoms with Crippen LogP contribution in [0.3, 0.4) is 0 Å². The largest absolute Gasteiger partial charge is 0.495 e. The van der Waals surface area contributed by atoms with E-state index in [1.807, 2.05) is 38.1 Å². The molecule has 0 saturated heterocycles. The number of anilines is 1. The van der Waals surface area contributed by atoms with E-state index in [-0.39, 0.29) is 28.1 Å². The van der Waals surface area contributed by atoms with Crippen molar-refractivity contribution in [3.8, 4) is 5.75 Å². The molecule has 0 aliphatic carbocycles. The summed E-state index contributed by atoms with van der Waals surface area (Å²) in [6.07, 6.45) is 1.72. The van der Waals surface area contributed by atoms with Crippen LogP contribution in [0.25, 0.3) is 0 Å². The molecule has 0 aromatic heterocycles. The Kier molecular flexibility index (Phi) is 11.0. The molecule has 0 aliphatic rings. The predicted molar refractivity (Wildman–Crippen MR) is 158 cm³/mol. The van der Waals surface area contributed by atoms with Crippen LogP contribution in [0.2, 0.25) is 5.02 Å². The maximum absolute atomic E-state index is 14.0. The summed E-state index contributed by atoms with van der Waals surface area (Å²) in [5.74, 6) is -0.472. The minimum atomic E-state index is -4.18. The first-order valence-electron chi connectivity index (χ1n) is 13.1. The van der Waals surface area contributed by atoms with Gasteiger partial charge in [0.15, 0.2) is 0 Å². The molecule has 0 fully saturated rings. The van der Waals surface area contributed by atoms with Crippen molar-refractivity contribution in [3.63, 3.8) is 0 Å². The van der Waals surface area contributed by atoms with E-state index in [0.29, 0.717) is 12.3 Å². The van der Waals surface area contributed by atoms with Gasteiger partial charge in [0.05, 0.1) is 22.7 Å². The number of methoxy groups -OCH3 is 1. The Labute approximate surface area is 241 Å². The monoisotopic (exact) mass is 585 g/mol. The average Bonchev–Trinajstić information content (AvgIpc) is 2.95. The molecule has 0 aliphatic heterocycles. The average molecular weight is 586 g/mol. The maximum atomic E-state index is 14.0. The molecule has 3 aromatic carbocycles. The van der Waals surface area contributed by atoms with Crippen molar-refractivity contribution in [1.82, 2.24) is 10.2 Å². The Morgan fingerprint density at radius 3 is 2.33 bits per heavy atom. The maximum Gasteiger partial charge on any atom is 0.264 e. The summed E-state index contributed by atoms with van der Waals surface area (Å²) >= 11 is 6.35. The molecule has 2 amide bonds. The number of nitrogens with one attached hydrogen (secondary N) is 1. The lowest BCUT2D eigenvalue weighted by Crippen LogP contribution is -2.51. The van der Waals surface area contributed by atoms with Gasteiger partial charge in [0.1, 0.15) is 18.3 Å². The smallest absolute Gasteiger partial charge is 0.264 e. The van der Waals surface area contributed by atoms with Crippen LogP contribution < -0.4 is 14.4 Å². The van der Waals surface area contributed by atoms with Crippen LogP contribution in [-0.4, -0.2) is 51.4 Å². The molecular weight excluding hydrogens is 550 g/mol. The normalized spacial score (nSPS) is 11.9. The van der Waals surface area contributed by atoms with Crippen molar-refractivity contribution in [2.45, 2.75) is 51.1 Å². The molecular formula is C30H36ClN3O5S. The minimum Gasteiger partial charge on any atom is -0.495 e. The number of benzene rings is 3. The molecule has 3 aromatic rings. The summed E-state index contributed by atoms with van der Waals surface area (Å²) in [6, 6.07) is 19.1. The molecule has 8 nitrogen and oxygen atoms in total. The number of halogens is 1. The molecule has 0 heterocycles. The van der Waals surface area contributed by atoms with E-state index >= 15 is 0 Å². The Balaban J connectivity index is 2.03. The highest BCUT2D eigenvalue weighted by molar-refractivity contribution is 7.92. The van der Waals surface area contributed by atoms with Gasteiger partial charge < -0.3 is 15.0 Å². The number of ether oxygens (including phenoxy) is 1. The predicted octanol–water partition coefficient (Wildman–Crippen LogP) is 5.19. The molecule has 0 bridgehead atoms. The second-order valence-electron chi connectivity index (χ2n) is 9.41. The van der Waals surface area contributed by atoms with Crippen LogP contribution >= 0.6 is 11.6 Å². The van der Waals surface area contributed by atoms with Gasteiger partial charge in [-0.05, 0) is 61.7 Å². The number of aryl methyl sites for hydroxylation is 1. The molecule has 0 saturated carbocycles. The second-order valence-corrected chi connectivity index (χ2v) is 11.7. The highest BCUT2D eigenvalue weighted by atomic mass is 35.5. The van der Waals surface area contributed by atoms with E-state index in [1.165, 1.54) is 36.3 Å². The number of sulfonamides is 1. The van der Waals surface area contributed by atoms with Crippen molar-refractivity contribution < 1.29 is 22.7 Å². The van der Waals surface area contributed by atoms with Gasteiger partial charge in [-0.3, -0.25) is 13.9 Å². The number of carbonyl (C=O) groups is 2. The summed E-state index contributed by atoms with van der Waals surface area (Å²) in [4.78, 5) is 28.5. The van der Waals surface area contributed by atoms with E-state index in [0.717, 1.165) is 28.3 Å². The molecule has 0 spiro atoms. The standard InChI is InChI=1S/C30H36ClN3O5S/c1-5-6-18-32-30(36)23(3)33(20-24-13-11-10-12-22(24)2)29(35)21-34(25-16-17-28(39-4)27(31)19-25)40(37,38)26-14-8-7-9-15-26/h7-17,19,23H,5-6,18,20-21H2,1-4H3,(H,32,36). The number of hydrogen-bond acceptors (Lipinski definition) is 5. The highest BCUT2D eigenvalue weighted by Gasteiger charge is 2.33. The van der Waals surface area contributed by atoms with Gasteiger partial charge >= 0.3 is 0 Å². The Morgan fingerprint density at radius 1 is 1.02 bits per heavy atom. The van der Waals surface area contributed by atoms with Gasteiger partial charge in [-0.2, -0.15) is 0 Å². The van der Waals surface area contributed by atoms with Gasteiger partial charge in [0.25, 0.3) is 10.0 Å².